The van der Waals surface area contributed by atoms with E-state index in [4.69, 9.17) is 0 Å². The van der Waals surface area contributed by atoms with Crippen LogP contribution in [0.5, 0.6) is 0 Å². The van der Waals surface area contributed by atoms with Crippen LogP contribution >= 0.6 is 0 Å². The van der Waals surface area contributed by atoms with Crippen molar-refractivity contribution in [2.45, 2.75) is 37.4 Å². The summed E-state index contributed by atoms with van der Waals surface area (Å²) in [5.41, 5.74) is 0.398. The summed E-state index contributed by atoms with van der Waals surface area (Å²) in [6.07, 6.45) is 3.98. The molecule has 1 heterocycles. The van der Waals surface area contributed by atoms with Crippen molar-refractivity contribution in [3.8, 4) is 0 Å². The van der Waals surface area contributed by atoms with Crippen LogP contribution in [0.15, 0.2) is 24.3 Å². The van der Waals surface area contributed by atoms with E-state index in [1.807, 2.05) is 0 Å². The molecule has 5 heteroatoms. The highest BCUT2D eigenvalue weighted by molar-refractivity contribution is 5.94. The van der Waals surface area contributed by atoms with Gasteiger partial charge in [-0.1, -0.05) is 18.2 Å². The SMILES string of the molecule is O=C(O)c1ccccc1[C@H]1NC2(CCCC2)NC1=O. The van der Waals surface area contributed by atoms with Crippen LogP contribution in [0.25, 0.3) is 0 Å². The Morgan fingerprint density at radius 2 is 1.95 bits per heavy atom. The molecule has 1 amide bonds. The highest BCUT2D eigenvalue weighted by atomic mass is 16.4. The van der Waals surface area contributed by atoms with Crippen molar-refractivity contribution < 1.29 is 14.7 Å². The molecule has 1 aliphatic carbocycles. The van der Waals surface area contributed by atoms with Crippen LogP contribution in [0, 0.1) is 0 Å². The number of hydrogen-bond donors (Lipinski definition) is 3. The lowest BCUT2D eigenvalue weighted by atomic mass is 10.00. The number of rotatable bonds is 2. The summed E-state index contributed by atoms with van der Waals surface area (Å²) in [5, 5.41) is 15.5. The van der Waals surface area contributed by atoms with Crippen molar-refractivity contribution in [1.29, 1.82) is 0 Å². The second kappa shape index (κ2) is 4.35. The van der Waals surface area contributed by atoms with Gasteiger partial charge in [-0.05, 0) is 37.3 Å². The highest BCUT2D eigenvalue weighted by Gasteiger charge is 2.46. The molecule has 1 saturated heterocycles. The Bertz CT molecular complexity index is 535. The van der Waals surface area contributed by atoms with Gasteiger partial charge in [0, 0.05) is 0 Å². The van der Waals surface area contributed by atoms with E-state index in [9.17, 15) is 14.7 Å². The summed E-state index contributed by atoms with van der Waals surface area (Å²) >= 11 is 0. The lowest BCUT2D eigenvalue weighted by Crippen LogP contribution is -2.46. The van der Waals surface area contributed by atoms with Gasteiger partial charge in [-0.15, -0.1) is 0 Å². The molecule has 1 spiro atoms. The van der Waals surface area contributed by atoms with Crippen LogP contribution < -0.4 is 10.6 Å². The number of aromatic carboxylic acids is 1. The Kier molecular flexibility index (Phi) is 2.78. The molecule has 0 aromatic heterocycles. The van der Waals surface area contributed by atoms with Crippen LogP contribution in [0.3, 0.4) is 0 Å². The second-order valence-corrected chi connectivity index (χ2v) is 5.25. The minimum Gasteiger partial charge on any atom is -0.478 e. The lowest BCUT2D eigenvalue weighted by molar-refractivity contribution is -0.121. The molecule has 2 aliphatic rings. The minimum absolute atomic E-state index is 0.129. The summed E-state index contributed by atoms with van der Waals surface area (Å²) < 4.78 is 0. The number of carbonyl (C=O) groups is 2. The highest BCUT2D eigenvalue weighted by Crippen LogP contribution is 2.35. The first kappa shape index (κ1) is 12.2. The maximum atomic E-state index is 12.1. The maximum absolute atomic E-state index is 12.1. The first-order chi connectivity index (χ1) is 9.11. The van der Waals surface area contributed by atoms with Gasteiger partial charge in [0.1, 0.15) is 6.04 Å². The van der Waals surface area contributed by atoms with Crippen LogP contribution in [-0.2, 0) is 4.79 Å². The fourth-order valence-corrected chi connectivity index (χ4v) is 3.10. The van der Waals surface area contributed by atoms with E-state index in [0.29, 0.717) is 5.56 Å². The standard InChI is InChI=1S/C14H16N2O3/c17-12-11(15-14(16-12)7-3-4-8-14)9-5-1-2-6-10(9)13(18)19/h1-2,5-6,11,15H,3-4,7-8H2,(H,16,17)(H,18,19)/t11-/m1/s1. The molecule has 0 radical (unpaired) electrons. The predicted molar refractivity (Wildman–Crippen MR) is 68.6 cm³/mol. The molecule has 1 atom stereocenters. The Morgan fingerprint density at radius 1 is 1.26 bits per heavy atom. The van der Waals surface area contributed by atoms with E-state index in [-0.39, 0.29) is 17.1 Å². The van der Waals surface area contributed by atoms with Crippen LogP contribution in [0.2, 0.25) is 0 Å². The van der Waals surface area contributed by atoms with Gasteiger partial charge < -0.3 is 10.4 Å². The Hall–Kier alpha value is -1.88. The van der Waals surface area contributed by atoms with Crippen molar-refractivity contribution in [2.75, 3.05) is 0 Å². The molecule has 2 fully saturated rings. The lowest BCUT2D eigenvalue weighted by Gasteiger charge is -2.24. The molecular formula is C14H16N2O3. The number of carboxylic acids is 1. The zero-order chi connectivity index (χ0) is 13.5. The van der Waals surface area contributed by atoms with Gasteiger partial charge in [0.25, 0.3) is 0 Å². The third kappa shape index (κ3) is 2.00. The number of nitrogens with one attached hydrogen (secondary N) is 2. The average molecular weight is 260 g/mol. The first-order valence-corrected chi connectivity index (χ1v) is 6.53. The molecule has 0 bridgehead atoms. The molecule has 1 aromatic rings. The first-order valence-electron chi connectivity index (χ1n) is 6.53. The zero-order valence-electron chi connectivity index (χ0n) is 10.5. The van der Waals surface area contributed by atoms with Crippen molar-refractivity contribution in [3.63, 3.8) is 0 Å². The second-order valence-electron chi connectivity index (χ2n) is 5.25. The molecule has 0 unspecified atom stereocenters. The molecule has 3 rings (SSSR count). The Morgan fingerprint density at radius 3 is 2.63 bits per heavy atom. The summed E-state index contributed by atoms with van der Waals surface area (Å²) in [6.45, 7) is 0. The van der Waals surface area contributed by atoms with Crippen LogP contribution in [-0.4, -0.2) is 22.6 Å². The van der Waals surface area contributed by atoms with E-state index in [1.54, 1.807) is 18.2 Å². The van der Waals surface area contributed by atoms with E-state index in [1.165, 1.54) is 6.07 Å². The van der Waals surface area contributed by atoms with Gasteiger partial charge in [-0.2, -0.15) is 0 Å². The molecular weight excluding hydrogens is 244 g/mol. The van der Waals surface area contributed by atoms with Gasteiger partial charge in [0.05, 0.1) is 11.2 Å². The minimum atomic E-state index is -1.00. The fourth-order valence-electron chi connectivity index (χ4n) is 3.10. The van der Waals surface area contributed by atoms with Gasteiger partial charge in [0.2, 0.25) is 5.91 Å². The molecule has 1 saturated carbocycles. The van der Waals surface area contributed by atoms with E-state index in [0.717, 1.165) is 25.7 Å². The summed E-state index contributed by atoms with van der Waals surface area (Å²) in [7, 11) is 0. The number of hydrogen-bond acceptors (Lipinski definition) is 3. The Labute approximate surface area is 111 Å². The largest absolute Gasteiger partial charge is 0.478 e. The van der Waals surface area contributed by atoms with Crippen molar-refractivity contribution in [2.24, 2.45) is 0 Å². The van der Waals surface area contributed by atoms with E-state index >= 15 is 0 Å². The molecule has 1 aliphatic heterocycles. The van der Waals surface area contributed by atoms with Crippen molar-refractivity contribution >= 4 is 11.9 Å². The Balaban J connectivity index is 1.95. The number of amides is 1. The van der Waals surface area contributed by atoms with Gasteiger partial charge in [-0.25, -0.2) is 4.79 Å². The fraction of sp³-hybridized carbons (Fsp3) is 0.429. The smallest absolute Gasteiger partial charge is 0.336 e. The summed E-state index contributed by atoms with van der Waals surface area (Å²) in [5.74, 6) is -1.13. The van der Waals surface area contributed by atoms with E-state index < -0.39 is 12.0 Å². The summed E-state index contributed by atoms with van der Waals surface area (Å²) in [6, 6.07) is 6.10. The number of carbonyl (C=O) groups excluding carboxylic acids is 1. The zero-order valence-corrected chi connectivity index (χ0v) is 10.5. The van der Waals surface area contributed by atoms with E-state index in [2.05, 4.69) is 10.6 Å². The summed E-state index contributed by atoms with van der Waals surface area (Å²) in [4.78, 5) is 23.4. The third-order valence-corrected chi connectivity index (χ3v) is 4.00. The van der Waals surface area contributed by atoms with Crippen molar-refractivity contribution in [1.82, 2.24) is 10.6 Å². The normalized spacial score (nSPS) is 24.6. The number of benzene rings is 1. The topological polar surface area (TPSA) is 78.4 Å². The van der Waals surface area contributed by atoms with Crippen LogP contribution in [0.4, 0.5) is 0 Å². The molecule has 100 valence electrons. The molecule has 3 N–H and O–H groups in total. The molecule has 1 aromatic carbocycles. The van der Waals surface area contributed by atoms with Gasteiger partial charge in [0.15, 0.2) is 0 Å². The van der Waals surface area contributed by atoms with Gasteiger partial charge in [-0.3, -0.25) is 10.1 Å². The number of carboxylic acid groups (broad SMARTS) is 1. The van der Waals surface area contributed by atoms with Gasteiger partial charge >= 0.3 is 5.97 Å². The van der Waals surface area contributed by atoms with Crippen molar-refractivity contribution in [3.05, 3.63) is 35.4 Å². The molecule has 19 heavy (non-hydrogen) atoms. The maximum Gasteiger partial charge on any atom is 0.336 e. The monoisotopic (exact) mass is 260 g/mol. The average Bonchev–Trinajstić information content (AvgIpc) is 2.97. The molecule has 5 nitrogen and oxygen atoms in total. The van der Waals surface area contributed by atoms with Crippen LogP contribution in [0.1, 0.15) is 47.6 Å². The quantitative estimate of drug-likeness (QED) is 0.751. The third-order valence-electron chi connectivity index (χ3n) is 4.00. The predicted octanol–water partition coefficient (Wildman–Crippen LogP) is 1.42.